The van der Waals surface area contributed by atoms with E-state index in [0.29, 0.717) is 5.56 Å². The number of rotatable bonds is 3. The molecule has 0 aliphatic carbocycles. The predicted octanol–water partition coefficient (Wildman–Crippen LogP) is 2.36. The molecule has 0 saturated carbocycles. The van der Waals surface area contributed by atoms with Crippen LogP contribution in [0.4, 0.5) is 4.79 Å². The fourth-order valence-corrected chi connectivity index (χ4v) is 2.58. The molecule has 2 atom stereocenters. The number of carbonyl (C=O) groups excluding carboxylic acids is 2. The minimum atomic E-state index is -1.08. The van der Waals surface area contributed by atoms with Crippen LogP contribution in [0.2, 0.25) is 0 Å². The first-order valence-corrected chi connectivity index (χ1v) is 8.48. The molecule has 8 nitrogen and oxygen atoms in total. The molecule has 2 rings (SSSR count). The summed E-state index contributed by atoms with van der Waals surface area (Å²) in [6.07, 6.45) is -0.428. The van der Waals surface area contributed by atoms with Crippen LogP contribution in [0, 0.1) is 0 Å². The molecule has 8 heteroatoms. The molecule has 1 aliphatic heterocycles. The van der Waals surface area contributed by atoms with Gasteiger partial charge in [-0.1, -0.05) is 0 Å². The van der Waals surface area contributed by atoms with Crippen molar-refractivity contribution in [1.82, 2.24) is 10.3 Å². The van der Waals surface area contributed by atoms with Crippen LogP contribution in [-0.4, -0.2) is 46.1 Å². The van der Waals surface area contributed by atoms with Crippen molar-refractivity contribution in [3.8, 4) is 5.88 Å². The first-order valence-electron chi connectivity index (χ1n) is 8.48. The number of aliphatic hydroxyl groups excluding tert-OH is 1. The van der Waals surface area contributed by atoms with Gasteiger partial charge < -0.3 is 24.6 Å². The highest BCUT2D eigenvalue weighted by Gasteiger charge is 2.45. The highest BCUT2D eigenvalue weighted by atomic mass is 16.6. The molecule has 0 aromatic carbocycles. The van der Waals surface area contributed by atoms with Crippen molar-refractivity contribution in [2.24, 2.45) is 0 Å². The van der Waals surface area contributed by atoms with Gasteiger partial charge in [0.2, 0.25) is 5.88 Å². The summed E-state index contributed by atoms with van der Waals surface area (Å²) in [7, 11) is 0. The second-order valence-corrected chi connectivity index (χ2v) is 7.61. The molecule has 1 amide bonds. The largest absolute Gasteiger partial charge is 0.469 e. The number of ether oxygens (including phenoxy) is 3. The quantitative estimate of drug-likeness (QED) is 0.791. The van der Waals surface area contributed by atoms with Gasteiger partial charge in [-0.05, 0) is 47.6 Å². The zero-order chi connectivity index (χ0) is 19.7. The summed E-state index contributed by atoms with van der Waals surface area (Å²) in [5.41, 5.74) is -1.10. The number of nitrogens with zero attached hydrogens (tertiary/aromatic N) is 1. The summed E-state index contributed by atoms with van der Waals surface area (Å²) in [5.74, 6) is -0.312. The number of carbonyl (C=O) groups is 2. The van der Waals surface area contributed by atoms with E-state index in [1.807, 2.05) is 0 Å². The monoisotopic (exact) mass is 366 g/mol. The Morgan fingerprint density at radius 2 is 2.04 bits per heavy atom. The Balaban J connectivity index is 2.38. The normalized spacial score (nSPS) is 21.2. The number of amides is 1. The van der Waals surface area contributed by atoms with Crippen molar-refractivity contribution in [3.63, 3.8) is 0 Å². The Labute approximate surface area is 152 Å². The van der Waals surface area contributed by atoms with Crippen molar-refractivity contribution >= 4 is 12.1 Å². The highest BCUT2D eigenvalue weighted by molar-refractivity contribution is 5.89. The van der Waals surface area contributed by atoms with Gasteiger partial charge in [0.15, 0.2) is 0 Å². The van der Waals surface area contributed by atoms with E-state index in [2.05, 4.69) is 10.3 Å². The maximum Gasteiger partial charge on any atom is 0.408 e. The number of hydrogen-bond acceptors (Lipinski definition) is 7. The van der Waals surface area contributed by atoms with Crippen LogP contribution in [0.5, 0.6) is 5.88 Å². The zero-order valence-electron chi connectivity index (χ0n) is 16.0. The molecule has 1 aliphatic rings. The van der Waals surface area contributed by atoms with E-state index in [0.717, 1.165) is 0 Å². The molecule has 0 radical (unpaired) electrons. The summed E-state index contributed by atoms with van der Waals surface area (Å²) in [5, 5.41) is 13.3. The van der Waals surface area contributed by atoms with Crippen LogP contribution in [0.1, 0.15) is 63.5 Å². The van der Waals surface area contributed by atoms with Gasteiger partial charge >= 0.3 is 12.1 Å². The summed E-state index contributed by atoms with van der Waals surface area (Å²) < 4.78 is 16.0. The molecular weight excluding hydrogens is 340 g/mol. The second-order valence-electron chi connectivity index (χ2n) is 7.61. The van der Waals surface area contributed by atoms with Crippen molar-refractivity contribution in [3.05, 3.63) is 23.4 Å². The lowest BCUT2D eigenvalue weighted by molar-refractivity contribution is -0.0681. The first-order chi connectivity index (χ1) is 11.9. The molecule has 26 heavy (non-hydrogen) atoms. The molecule has 0 spiro atoms. The van der Waals surface area contributed by atoms with Crippen LogP contribution in [0.25, 0.3) is 0 Å². The molecule has 2 heterocycles. The Bertz CT molecular complexity index is 695. The third kappa shape index (κ3) is 4.43. The van der Waals surface area contributed by atoms with Crippen LogP contribution < -0.4 is 10.1 Å². The number of alkyl carbamates (subject to hydrolysis) is 1. The van der Waals surface area contributed by atoms with E-state index in [1.165, 1.54) is 12.3 Å². The Kier molecular flexibility index (Phi) is 5.46. The smallest absolute Gasteiger partial charge is 0.408 e. The number of nitrogens with one attached hydrogen (secondary N) is 1. The number of aromatic nitrogens is 1. The van der Waals surface area contributed by atoms with Crippen molar-refractivity contribution in [2.75, 3.05) is 6.61 Å². The topological polar surface area (TPSA) is 107 Å². The number of aliphatic hydroxyl groups is 1. The van der Waals surface area contributed by atoms with Crippen LogP contribution >= 0.6 is 0 Å². The lowest BCUT2D eigenvalue weighted by atomic mass is 9.87. The van der Waals surface area contributed by atoms with E-state index in [4.69, 9.17) is 14.2 Å². The first kappa shape index (κ1) is 20.0. The summed E-state index contributed by atoms with van der Waals surface area (Å²) in [4.78, 5) is 28.4. The van der Waals surface area contributed by atoms with E-state index in [-0.39, 0.29) is 18.1 Å². The van der Waals surface area contributed by atoms with Gasteiger partial charge in [0.25, 0.3) is 0 Å². The number of hydrogen-bond donors (Lipinski definition) is 2. The molecular formula is C18H26N2O6. The third-order valence-corrected chi connectivity index (χ3v) is 3.79. The van der Waals surface area contributed by atoms with Gasteiger partial charge in [-0.3, -0.25) is 0 Å². The van der Waals surface area contributed by atoms with Crippen LogP contribution in [-0.2, 0) is 9.47 Å². The molecule has 0 fully saturated rings. The zero-order valence-corrected chi connectivity index (χ0v) is 16.0. The summed E-state index contributed by atoms with van der Waals surface area (Å²) in [6.45, 7) is 10.5. The van der Waals surface area contributed by atoms with E-state index < -0.39 is 35.4 Å². The Morgan fingerprint density at radius 1 is 1.38 bits per heavy atom. The van der Waals surface area contributed by atoms with Crippen molar-refractivity contribution in [1.29, 1.82) is 0 Å². The van der Waals surface area contributed by atoms with Gasteiger partial charge in [0.1, 0.15) is 17.3 Å². The average Bonchev–Trinajstić information content (AvgIpc) is 2.49. The van der Waals surface area contributed by atoms with Crippen LogP contribution in [0.3, 0.4) is 0 Å². The molecule has 144 valence electrons. The van der Waals surface area contributed by atoms with E-state index >= 15 is 0 Å². The predicted molar refractivity (Wildman–Crippen MR) is 93.0 cm³/mol. The average molecular weight is 366 g/mol. The van der Waals surface area contributed by atoms with E-state index in [1.54, 1.807) is 41.5 Å². The lowest BCUT2D eigenvalue weighted by Gasteiger charge is -2.41. The Morgan fingerprint density at radius 3 is 2.62 bits per heavy atom. The summed E-state index contributed by atoms with van der Waals surface area (Å²) in [6, 6.07) is 0.645. The van der Waals surface area contributed by atoms with Gasteiger partial charge in [-0.15, -0.1) is 0 Å². The van der Waals surface area contributed by atoms with Gasteiger partial charge in [0, 0.05) is 11.8 Å². The number of fused-ring (bicyclic) bond motifs is 1. The standard InChI is InChI=1S/C18H26N2O6/c1-7-24-15(22)10-8-11-12(20-16(23)26-17(2,3)4)13(21)18(5,6)25-14(11)19-9-10/h8-9,12-13,21H,7H2,1-6H3,(H,20,23)/t12-,13+/m1/s1. The van der Waals surface area contributed by atoms with Gasteiger partial charge in [0.05, 0.1) is 18.2 Å². The molecule has 1 aromatic heterocycles. The maximum absolute atomic E-state index is 12.2. The van der Waals surface area contributed by atoms with Gasteiger partial charge in [-0.2, -0.15) is 0 Å². The highest BCUT2D eigenvalue weighted by Crippen LogP contribution is 2.39. The molecule has 1 aromatic rings. The van der Waals surface area contributed by atoms with Gasteiger partial charge in [-0.25, -0.2) is 14.6 Å². The van der Waals surface area contributed by atoms with E-state index in [9.17, 15) is 14.7 Å². The number of pyridine rings is 1. The van der Waals surface area contributed by atoms with Crippen molar-refractivity contribution in [2.45, 2.75) is 64.9 Å². The fraction of sp³-hybridized carbons (Fsp3) is 0.611. The molecule has 0 saturated heterocycles. The lowest BCUT2D eigenvalue weighted by Crippen LogP contribution is -2.54. The molecule has 2 N–H and O–H groups in total. The third-order valence-electron chi connectivity index (χ3n) is 3.79. The fourth-order valence-electron chi connectivity index (χ4n) is 2.58. The number of esters is 1. The minimum absolute atomic E-state index is 0.206. The Hall–Kier alpha value is -2.35. The SMILES string of the molecule is CCOC(=O)c1cnc2c(c1)[C@@H](NC(=O)OC(C)(C)C)[C@H](O)C(C)(C)O2. The summed E-state index contributed by atoms with van der Waals surface area (Å²) >= 11 is 0. The second kappa shape index (κ2) is 7.11. The van der Waals surface area contributed by atoms with Crippen LogP contribution in [0.15, 0.2) is 12.3 Å². The molecule has 0 unspecified atom stereocenters. The maximum atomic E-state index is 12.2. The molecule has 0 bridgehead atoms. The minimum Gasteiger partial charge on any atom is -0.469 e. The van der Waals surface area contributed by atoms with Crippen molar-refractivity contribution < 1.29 is 28.9 Å².